The fraction of sp³-hybridized carbons (Fsp3) is 0.545. The lowest BCUT2D eigenvalue weighted by atomic mass is 10.2. The highest BCUT2D eigenvalue weighted by Crippen LogP contribution is 2.31. The van der Waals surface area contributed by atoms with Crippen LogP contribution in [0, 0.1) is 0 Å². The lowest BCUT2D eigenvalue weighted by Crippen LogP contribution is -2.49. The van der Waals surface area contributed by atoms with Gasteiger partial charge >= 0.3 is 6.18 Å². The zero-order valence-electron chi connectivity index (χ0n) is 20.3. The summed E-state index contributed by atoms with van der Waals surface area (Å²) in [6, 6.07) is -0.564. The van der Waals surface area contributed by atoms with Crippen LogP contribution in [0.15, 0.2) is 17.2 Å². The van der Waals surface area contributed by atoms with Crippen LogP contribution in [0.4, 0.5) is 24.8 Å². The van der Waals surface area contributed by atoms with Gasteiger partial charge in [0.2, 0.25) is 11.9 Å². The molecule has 2 aromatic heterocycles. The summed E-state index contributed by atoms with van der Waals surface area (Å²) in [5.41, 5.74) is -1.91. The van der Waals surface area contributed by atoms with Gasteiger partial charge in [0, 0.05) is 45.5 Å². The number of piperazine rings is 1. The lowest BCUT2D eigenvalue weighted by Gasteiger charge is -2.34. The maximum atomic E-state index is 13.1. The Hall–Kier alpha value is -3.75. The molecule has 4 rings (SSSR count). The van der Waals surface area contributed by atoms with E-state index in [-0.39, 0.29) is 31.4 Å². The van der Waals surface area contributed by atoms with Crippen LogP contribution in [0.3, 0.4) is 0 Å². The van der Waals surface area contributed by atoms with E-state index < -0.39 is 29.0 Å². The fourth-order valence-corrected chi connectivity index (χ4v) is 4.19. The first-order chi connectivity index (χ1) is 17.5. The molecule has 1 fully saturated rings. The van der Waals surface area contributed by atoms with Crippen LogP contribution in [0.1, 0.15) is 35.0 Å². The Morgan fingerprint density at radius 1 is 1.22 bits per heavy atom. The van der Waals surface area contributed by atoms with Crippen molar-refractivity contribution in [1.29, 1.82) is 0 Å². The van der Waals surface area contributed by atoms with Crippen LogP contribution in [-0.2, 0) is 22.3 Å². The van der Waals surface area contributed by atoms with Gasteiger partial charge < -0.3 is 24.8 Å². The van der Waals surface area contributed by atoms with Crippen molar-refractivity contribution in [3.8, 4) is 0 Å². The Labute approximate surface area is 209 Å². The minimum atomic E-state index is -4.84. The number of rotatable bonds is 8. The van der Waals surface area contributed by atoms with E-state index in [2.05, 4.69) is 20.4 Å². The fourth-order valence-electron chi connectivity index (χ4n) is 4.19. The van der Waals surface area contributed by atoms with E-state index in [0.717, 1.165) is 6.20 Å². The first kappa shape index (κ1) is 26.3. The largest absolute Gasteiger partial charge is 0.423 e. The summed E-state index contributed by atoms with van der Waals surface area (Å²) in [5, 5.41) is 7.78. The SMILES string of the molecule is C[C@@H](COCCC(=O)N1CCN(c2ncc3c(n2)CN(C)C3=O)CC1)Nc1cn[nH]c(=O)c1C(F)(F)F. The van der Waals surface area contributed by atoms with Gasteiger partial charge in [-0.15, -0.1) is 0 Å². The Bertz CT molecular complexity index is 1210. The van der Waals surface area contributed by atoms with Gasteiger partial charge in [0.25, 0.3) is 11.5 Å². The quantitative estimate of drug-likeness (QED) is 0.479. The third-order valence-electron chi connectivity index (χ3n) is 6.10. The van der Waals surface area contributed by atoms with Gasteiger partial charge in [-0.2, -0.15) is 18.3 Å². The molecule has 0 aromatic carbocycles. The number of nitrogens with one attached hydrogen (secondary N) is 2. The number of aromatic nitrogens is 4. The van der Waals surface area contributed by atoms with Crippen molar-refractivity contribution in [1.82, 2.24) is 30.0 Å². The van der Waals surface area contributed by atoms with Crippen molar-refractivity contribution in [3.63, 3.8) is 0 Å². The maximum absolute atomic E-state index is 13.1. The summed E-state index contributed by atoms with van der Waals surface area (Å²) in [5.74, 6) is 0.339. The lowest BCUT2D eigenvalue weighted by molar-refractivity contribution is -0.138. The summed E-state index contributed by atoms with van der Waals surface area (Å²) in [4.78, 5) is 50.2. The molecular weight excluding hydrogens is 497 g/mol. The number of carbonyl (C=O) groups is 2. The van der Waals surface area contributed by atoms with E-state index in [1.54, 1.807) is 35.1 Å². The second-order valence-electron chi connectivity index (χ2n) is 8.92. The van der Waals surface area contributed by atoms with E-state index >= 15 is 0 Å². The highest BCUT2D eigenvalue weighted by atomic mass is 19.4. The third kappa shape index (κ3) is 5.98. The molecule has 37 heavy (non-hydrogen) atoms. The van der Waals surface area contributed by atoms with Crippen LogP contribution < -0.4 is 15.8 Å². The van der Waals surface area contributed by atoms with Crippen LogP contribution in [0.2, 0.25) is 0 Å². The zero-order chi connectivity index (χ0) is 26.7. The van der Waals surface area contributed by atoms with Crippen molar-refractivity contribution in [3.05, 3.63) is 39.6 Å². The molecule has 0 bridgehead atoms. The molecule has 2 aliphatic heterocycles. The number of anilines is 2. The van der Waals surface area contributed by atoms with Gasteiger partial charge in [-0.05, 0) is 6.92 Å². The van der Waals surface area contributed by atoms with Crippen molar-refractivity contribution >= 4 is 23.5 Å². The monoisotopic (exact) mass is 524 g/mol. The van der Waals surface area contributed by atoms with Gasteiger partial charge in [0.1, 0.15) is 5.56 Å². The van der Waals surface area contributed by atoms with Crippen LogP contribution >= 0.6 is 0 Å². The van der Waals surface area contributed by atoms with Crippen molar-refractivity contribution < 1.29 is 27.5 Å². The Morgan fingerprint density at radius 2 is 1.95 bits per heavy atom. The number of aromatic amines is 1. The predicted molar refractivity (Wildman–Crippen MR) is 125 cm³/mol. The minimum absolute atomic E-state index is 0.0263. The van der Waals surface area contributed by atoms with Gasteiger partial charge in [0.15, 0.2) is 0 Å². The molecule has 0 radical (unpaired) electrons. The summed E-state index contributed by atoms with van der Waals surface area (Å²) in [6.07, 6.45) is -2.27. The average molecular weight is 525 g/mol. The number of amides is 2. The molecule has 0 saturated carbocycles. The number of ether oxygens (including phenoxy) is 1. The van der Waals surface area contributed by atoms with Crippen molar-refractivity contribution in [2.45, 2.75) is 32.1 Å². The Kier molecular flexibility index (Phi) is 7.61. The topological polar surface area (TPSA) is 137 Å². The molecule has 1 atom stereocenters. The molecule has 2 aromatic rings. The predicted octanol–water partition coefficient (Wildman–Crippen LogP) is 0.720. The number of fused-ring (bicyclic) bond motifs is 1. The van der Waals surface area contributed by atoms with Gasteiger partial charge in [-0.1, -0.05) is 0 Å². The highest BCUT2D eigenvalue weighted by Gasteiger charge is 2.37. The number of H-pyrrole nitrogens is 1. The van der Waals surface area contributed by atoms with Gasteiger partial charge in [-0.3, -0.25) is 14.4 Å². The van der Waals surface area contributed by atoms with E-state index in [1.807, 2.05) is 4.90 Å². The van der Waals surface area contributed by atoms with Crippen LogP contribution in [0.25, 0.3) is 0 Å². The molecule has 2 N–H and O–H groups in total. The molecule has 2 amide bonds. The van der Waals surface area contributed by atoms with E-state index in [4.69, 9.17) is 4.74 Å². The van der Waals surface area contributed by atoms with Crippen molar-refractivity contribution in [2.24, 2.45) is 0 Å². The molecule has 15 heteroatoms. The number of halogens is 3. The Morgan fingerprint density at radius 3 is 2.65 bits per heavy atom. The van der Waals surface area contributed by atoms with E-state index in [9.17, 15) is 27.6 Å². The molecular formula is C22H27F3N8O4. The summed E-state index contributed by atoms with van der Waals surface area (Å²) < 4.78 is 44.9. The first-order valence-electron chi connectivity index (χ1n) is 11.7. The van der Waals surface area contributed by atoms with Crippen molar-refractivity contribution in [2.75, 3.05) is 56.7 Å². The van der Waals surface area contributed by atoms with Crippen LogP contribution in [0.5, 0.6) is 0 Å². The Balaban J connectivity index is 1.19. The van der Waals surface area contributed by atoms with Gasteiger partial charge in [-0.25, -0.2) is 15.1 Å². The standard InChI is InChI=1S/C22H27F3N8O4/c1-13(28-15-10-27-30-19(35)18(15)22(23,24)25)12-37-8-3-17(34)32-4-6-33(7-5-32)21-26-9-14-16(29-21)11-31(2)20(14)36/h9-10,13H,3-8,11-12H2,1-2H3,(H2,28,30,35)/t13-/m0/s1. The number of hydrogen-bond donors (Lipinski definition) is 2. The zero-order valence-corrected chi connectivity index (χ0v) is 20.3. The molecule has 0 aliphatic carbocycles. The first-order valence-corrected chi connectivity index (χ1v) is 11.7. The summed E-state index contributed by atoms with van der Waals surface area (Å²) in [6.45, 7) is 4.21. The van der Waals surface area contributed by atoms with E-state index in [0.29, 0.717) is 49.9 Å². The molecule has 200 valence electrons. The summed E-state index contributed by atoms with van der Waals surface area (Å²) in [7, 11) is 1.71. The number of hydrogen-bond acceptors (Lipinski definition) is 9. The molecule has 0 unspecified atom stereocenters. The molecule has 2 aliphatic rings. The number of carbonyl (C=O) groups excluding carboxylic acids is 2. The molecule has 1 saturated heterocycles. The number of alkyl halides is 3. The highest BCUT2D eigenvalue weighted by molar-refractivity contribution is 5.97. The minimum Gasteiger partial charge on any atom is -0.379 e. The normalized spacial score (nSPS) is 16.7. The van der Waals surface area contributed by atoms with Gasteiger partial charge in [0.05, 0.1) is 49.3 Å². The molecule has 4 heterocycles. The number of nitrogens with zero attached hydrogens (tertiary/aromatic N) is 6. The smallest absolute Gasteiger partial charge is 0.379 e. The third-order valence-corrected chi connectivity index (χ3v) is 6.10. The summed E-state index contributed by atoms with van der Waals surface area (Å²) >= 11 is 0. The average Bonchev–Trinajstić information content (AvgIpc) is 3.13. The van der Waals surface area contributed by atoms with Crippen LogP contribution in [-0.4, -0.2) is 94.3 Å². The second kappa shape index (κ2) is 10.7. The maximum Gasteiger partial charge on any atom is 0.423 e. The molecule has 12 nitrogen and oxygen atoms in total. The van der Waals surface area contributed by atoms with E-state index in [1.165, 1.54) is 0 Å². The second-order valence-corrected chi connectivity index (χ2v) is 8.92. The molecule has 0 spiro atoms.